The Morgan fingerprint density at radius 1 is 0.815 bits per heavy atom. The molecular formula is C24H20Cl2O. The van der Waals surface area contributed by atoms with Crippen LogP contribution in [-0.2, 0) is 6.42 Å². The second-order valence-corrected chi connectivity index (χ2v) is 7.88. The molecule has 0 unspecified atom stereocenters. The molecule has 136 valence electrons. The lowest BCUT2D eigenvalue weighted by Gasteiger charge is -2.18. The van der Waals surface area contributed by atoms with Crippen LogP contribution in [0.5, 0.6) is 5.75 Å². The SMILES string of the molecule is Cc1ccc2c(c1)CCCC(c1ccc(Cl)cc1Cl)=C2c1ccc(O)cc1. The first kappa shape index (κ1) is 18.2. The number of phenols is 1. The number of hydrogen-bond donors (Lipinski definition) is 1. The first-order valence-corrected chi connectivity index (χ1v) is 9.86. The summed E-state index contributed by atoms with van der Waals surface area (Å²) >= 11 is 12.7. The van der Waals surface area contributed by atoms with Crippen molar-refractivity contribution in [2.24, 2.45) is 0 Å². The fourth-order valence-corrected chi connectivity index (χ4v) is 4.40. The Balaban J connectivity index is 2.03. The van der Waals surface area contributed by atoms with Crippen molar-refractivity contribution < 1.29 is 5.11 Å². The van der Waals surface area contributed by atoms with Gasteiger partial charge in [0, 0.05) is 10.0 Å². The van der Waals surface area contributed by atoms with E-state index in [4.69, 9.17) is 23.2 Å². The smallest absolute Gasteiger partial charge is 0.115 e. The summed E-state index contributed by atoms with van der Waals surface area (Å²) in [6.07, 6.45) is 3.03. The van der Waals surface area contributed by atoms with E-state index in [0.29, 0.717) is 10.0 Å². The van der Waals surface area contributed by atoms with E-state index in [2.05, 4.69) is 25.1 Å². The van der Waals surface area contributed by atoms with Crippen molar-refractivity contribution in [3.8, 4) is 5.75 Å². The van der Waals surface area contributed by atoms with E-state index in [1.165, 1.54) is 27.8 Å². The lowest BCUT2D eigenvalue weighted by atomic mass is 9.87. The van der Waals surface area contributed by atoms with Gasteiger partial charge in [-0.15, -0.1) is 0 Å². The van der Waals surface area contributed by atoms with E-state index >= 15 is 0 Å². The molecule has 27 heavy (non-hydrogen) atoms. The lowest BCUT2D eigenvalue weighted by molar-refractivity contribution is 0.475. The zero-order chi connectivity index (χ0) is 19.0. The maximum atomic E-state index is 9.75. The van der Waals surface area contributed by atoms with Gasteiger partial charge in [-0.3, -0.25) is 0 Å². The minimum absolute atomic E-state index is 0.267. The Hall–Kier alpha value is -2.22. The van der Waals surface area contributed by atoms with Gasteiger partial charge in [-0.1, -0.05) is 65.2 Å². The maximum absolute atomic E-state index is 9.75. The molecule has 0 radical (unpaired) electrons. The predicted molar refractivity (Wildman–Crippen MR) is 115 cm³/mol. The van der Waals surface area contributed by atoms with Crippen LogP contribution < -0.4 is 0 Å². The number of fused-ring (bicyclic) bond motifs is 1. The van der Waals surface area contributed by atoms with Gasteiger partial charge in [0.25, 0.3) is 0 Å². The summed E-state index contributed by atoms with van der Waals surface area (Å²) in [7, 11) is 0. The number of phenolic OH excluding ortho intramolecular Hbond substituents is 1. The molecule has 0 bridgehead atoms. The highest BCUT2D eigenvalue weighted by Gasteiger charge is 2.21. The molecule has 0 heterocycles. The van der Waals surface area contributed by atoms with E-state index in [1.807, 2.05) is 24.3 Å². The van der Waals surface area contributed by atoms with Crippen molar-refractivity contribution in [2.75, 3.05) is 0 Å². The summed E-state index contributed by atoms with van der Waals surface area (Å²) in [6.45, 7) is 2.13. The first-order chi connectivity index (χ1) is 13.0. The van der Waals surface area contributed by atoms with Gasteiger partial charge >= 0.3 is 0 Å². The molecule has 4 rings (SSSR count). The molecule has 3 heteroatoms. The van der Waals surface area contributed by atoms with Crippen LogP contribution in [0, 0.1) is 6.92 Å². The number of rotatable bonds is 2. The van der Waals surface area contributed by atoms with Gasteiger partial charge in [-0.05, 0) is 83.9 Å². The average Bonchev–Trinajstić information content (AvgIpc) is 2.81. The van der Waals surface area contributed by atoms with E-state index in [0.717, 1.165) is 30.4 Å². The van der Waals surface area contributed by atoms with Gasteiger partial charge in [0.1, 0.15) is 5.75 Å². The number of aryl methyl sites for hydroxylation is 2. The topological polar surface area (TPSA) is 20.2 Å². The van der Waals surface area contributed by atoms with E-state index in [1.54, 1.807) is 18.2 Å². The minimum atomic E-state index is 0.267. The Kier molecular flexibility index (Phi) is 4.99. The quantitative estimate of drug-likeness (QED) is 0.483. The molecule has 0 amide bonds. The van der Waals surface area contributed by atoms with Gasteiger partial charge in [0.2, 0.25) is 0 Å². The third-order valence-electron chi connectivity index (χ3n) is 5.12. The molecule has 0 saturated carbocycles. The molecule has 0 aliphatic heterocycles. The molecule has 0 aromatic heterocycles. The minimum Gasteiger partial charge on any atom is -0.508 e. The van der Waals surface area contributed by atoms with Gasteiger partial charge in [-0.25, -0.2) is 0 Å². The Morgan fingerprint density at radius 3 is 2.30 bits per heavy atom. The average molecular weight is 395 g/mol. The summed E-state index contributed by atoms with van der Waals surface area (Å²) in [5.74, 6) is 0.267. The molecule has 0 spiro atoms. The van der Waals surface area contributed by atoms with Gasteiger partial charge in [-0.2, -0.15) is 0 Å². The third-order valence-corrected chi connectivity index (χ3v) is 5.66. The van der Waals surface area contributed by atoms with Gasteiger partial charge < -0.3 is 5.11 Å². The molecule has 1 aliphatic rings. The summed E-state index contributed by atoms with van der Waals surface area (Å²) in [4.78, 5) is 0. The van der Waals surface area contributed by atoms with Gasteiger partial charge in [0.05, 0.1) is 0 Å². The van der Waals surface area contributed by atoms with Crippen LogP contribution in [0.15, 0.2) is 60.7 Å². The number of benzene rings is 3. The van der Waals surface area contributed by atoms with Gasteiger partial charge in [0.15, 0.2) is 0 Å². The summed E-state index contributed by atoms with van der Waals surface area (Å²) < 4.78 is 0. The number of hydrogen-bond acceptors (Lipinski definition) is 1. The predicted octanol–water partition coefficient (Wildman–Crippen LogP) is 7.30. The fraction of sp³-hybridized carbons (Fsp3) is 0.167. The molecular weight excluding hydrogens is 375 g/mol. The monoisotopic (exact) mass is 394 g/mol. The molecule has 0 saturated heterocycles. The summed E-state index contributed by atoms with van der Waals surface area (Å²) in [6, 6.07) is 19.8. The van der Waals surface area contributed by atoms with Crippen LogP contribution in [0.4, 0.5) is 0 Å². The molecule has 3 aromatic rings. The number of aromatic hydroxyl groups is 1. The zero-order valence-corrected chi connectivity index (χ0v) is 16.6. The number of allylic oxidation sites excluding steroid dienone is 1. The van der Waals surface area contributed by atoms with Crippen LogP contribution in [-0.4, -0.2) is 5.11 Å². The summed E-state index contributed by atoms with van der Waals surface area (Å²) in [5, 5.41) is 11.1. The molecule has 0 fully saturated rings. The standard InChI is InChI=1S/C24H20Cl2O/c1-15-5-11-20-17(13-15)3-2-4-22(21-12-8-18(25)14-23(21)26)24(20)16-6-9-19(27)10-7-16/h5-14,27H,2-4H2,1H3. The van der Waals surface area contributed by atoms with Crippen LogP contribution in [0.3, 0.4) is 0 Å². The summed E-state index contributed by atoms with van der Waals surface area (Å²) in [5.41, 5.74) is 8.39. The second kappa shape index (κ2) is 7.42. The molecule has 1 aliphatic carbocycles. The second-order valence-electron chi connectivity index (χ2n) is 7.04. The first-order valence-electron chi connectivity index (χ1n) is 9.11. The largest absolute Gasteiger partial charge is 0.508 e. The molecule has 1 nitrogen and oxygen atoms in total. The van der Waals surface area contributed by atoms with Crippen molar-refractivity contribution >= 4 is 34.3 Å². The van der Waals surface area contributed by atoms with Crippen LogP contribution in [0.2, 0.25) is 10.0 Å². The van der Waals surface area contributed by atoms with Crippen molar-refractivity contribution in [3.63, 3.8) is 0 Å². The molecule has 1 N–H and O–H groups in total. The van der Waals surface area contributed by atoms with E-state index < -0.39 is 0 Å². The lowest BCUT2D eigenvalue weighted by Crippen LogP contribution is -1.97. The van der Waals surface area contributed by atoms with Crippen molar-refractivity contribution in [1.29, 1.82) is 0 Å². The zero-order valence-electron chi connectivity index (χ0n) is 15.1. The highest BCUT2D eigenvalue weighted by molar-refractivity contribution is 6.36. The third kappa shape index (κ3) is 3.63. The van der Waals surface area contributed by atoms with Crippen LogP contribution in [0.25, 0.3) is 11.1 Å². The van der Waals surface area contributed by atoms with Crippen LogP contribution >= 0.6 is 23.2 Å². The Labute approximate surface area is 169 Å². The maximum Gasteiger partial charge on any atom is 0.115 e. The van der Waals surface area contributed by atoms with Crippen molar-refractivity contribution in [1.82, 2.24) is 0 Å². The van der Waals surface area contributed by atoms with E-state index in [9.17, 15) is 5.11 Å². The van der Waals surface area contributed by atoms with E-state index in [-0.39, 0.29) is 5.75 Å². The molecule has 0 atom stereocenters. The highest BCUT2D eigenvalue weighted by Crippen LogP contribution is 2.42. The fourth-order valence-electron chi connectivity index (χ4n) is 3.88. The van der Waals surface area contributed by atoms with Crippen molar-refractivity contribution in [2.45, 2.75) is 26.2 Å². The number of halogens is 2. The Morgan fingerprint density at radius 2 is 1.56 bits per heavy atom. The normalized spacial score (nSPS) is 14.0. The highest BCUT2D eigenvalue weighted by atomic mass is 35.5. The van der Waals surface area contributed by atoms with Crippen LogP contribution in [0.1, 0.15) is 40.7 Å². The molecule has 3 aromatic carbocycles. The van der Waals surface area contributed by atoms with Crippen molar-refractivity contribution in [3.05, 3.63) is 98.5 Å². The Bertz CT molecular complexity index is 1030.